The zero-order chi connectivity index (χ0) is 10.9. The predicted octanol–water partition coefficient (Wildman–Crippen LogP) is 3.77. The Morgan fingerprint density at radius 2 is 1.87 bits per heavy atom. The standard InChI is InChI=1S/C13H18ClN/c1-10-9-11(5-6-12(10)14)13(15)7-3-2-4-8-13/h5-6,9H,2-4,7-8,15H2,1H3. The number of benzene rings is 1. The molecule has 0 heterocycles. The molecule has 2 N–H and O–H groups in total. The quantitative estimate of drug-likeness (QED) is 0.771. The van der Waals surface area contributed by atoms with Crippen molar-refractivity contribution in [2.24, 2.45) is 5.73 Å². The normalized spacial score (nSPS) is 20.2. The van der Waals surface area contributed by atoms with Gasteiger partial charge < -0.3 is 5.73 Å². The largest absolute Gasteiger partial charge is 0.321 e. The zero-order valence-electron chi connectivity index (χ0n) is 9.22. The van der Waals surface area contributed by atoms with Crippen LogP contribution in [0.5, 0.6) is 0 Å². The molecule has 0 bridgehead atoms. The van der Waals surface area contributed by atoms with E-state index in [-0.39, 0.29) is 5.54 Å². The maximum Gasteiger partial charge on any atom is 0.0435 e. The second-order valence-electron chi connectivity index (χ2n) is 4.68. The molecule has 0 saturated heterocycles. The van der Waals surface area contributed by atoms with Crippen molar-refractivity contribution in [2.45, 2.75) is 44.6 Å². The molecule has 82 valence electrons. The van der Waals surface area contributed by atoms with Crippen LogP contribution in [-0.4, -0.2) is 0 Å². The Kier molecular flexibility index (Phi) is 3.03. The number of rotatable bonds is 1. The third kappa shape index (κ3) is 2.19. The fraction of sp³-hybridized carbons (Fsp3) is 0.538. The maximum atomic E-state index is 6.46. The Morgan fingerprint density at radius 1 is 1.20 bits per heavy atom. The molecule has 1 aliphatic carbocycles. The molecule has 1 saturated carbocycles. The summed E-state index contributed by atoms with van der Waals surface area (Å²) < 4.78 is 0. The van der Waals surface area contributed by atoms with Gasteiger partial charge >= 0.3 is 0 Å². The topological polar surface area (TPSA) is 26.0 Å². The summed E-state index contributed by atoms with van der Waals surface area (Å²) in [6.45, 7) is 2.04. The molecule has 0 radical (unpaired) electrons. The van der Waals surface area contributed by atoms with Gasteiger partial charge in [0.1, 0.15) is 0 Å². The number of nitrogens with two attached hydrogens (primary N) is 1. The number of hydrogen-bond acceptors (Lipinski definition) is 1. The molecule has 1 aromatic carbocycles. The van der Waals surface area contributed by atoms with Crippen molar-refractivity contribution in [1.29, 1.82) is 0 Å². The highest BCUT2D eigenvalue weighted by Crippen LogP contribution is 2.35. The second-order valence-corrected chi connectivity index (χ2v) is 5.09. The van der Waals surface area contributed by atoms with Gasteiger partial charge in [-0.05, 0) is 37.0 Å². The van der Waals surface area contributed by atoms with E-state index in [0.29, 0.717) is 0 Å². The molecule has 1 aromatic rings. The van der Waals surface area contributed by atoms with E-state index in [0.717, 1.165) is 23.4 Å². The van der Waals surface area contributed by atoms with Gasteiger partial charge in [-0.1, -0.05) is 43.0 Å². The summed E-state index contributed by atoms with van der Waals surface area (Å²) >= 11 is 6.02. The Labute approximate surface area is 96.6 Å². The van der Waals surface area contributed by atoms with Crippen LogP contribution >= 0.6 is 11.6 Å². The van der Waals surface area contributed by atoms with Crippen LogP contribution < -0.4 is 5.73 Å². The summed E-state index contributed by atoms with van der Waals surface area (Å²) in [5, 5.41) is 0.832. The summed E-state index contributed by atoms with van der Waals surface area (Å²) in [5.74, 6) is 0. The van der Waals surface area contributed by atoms with Gasteiger partial charge in [-0.3, -0.25) is 0 Å². The summed E-state index contributed by atoms with van der Waals surface area (Å²) in [5.41, 5.74) is 8.74. The van der Waals surface area contributed by atoms with Gasteiger partial charge in [0.05, 0.1) is 0 Å². The Bertz CT molecular complexity index is 354. The molecule has 0 aliphatic heterocycles. The highest BCUT2D eigenvalue weighted by atomic mass is 35.5. The van der Waals surface area contributed by atoms with Gasteiger partial charge in [0.2, 0.25) is 0 Å². The van der Waals surface area contributed by atoms with Crippen LogP contribution in [-0.2, 0) is 5.54 Å². The lowest BCUT2D eigenvalue weighted by Crippen LogP contribution is -2.38. The molecule has 1 fully saturated rings. The molecule has 0 amide bonds. The summed E-state index contributed by atoms with van der Waals surface area (Å²) in [6.07, 6.45) is 6.03. The van der Waals surface area contributed by atoms with Gasteiger partial charge in [0, 0.05) is 10.6 Å². The maximum absolute atomic E-state index is 6.46. The molecule has 2 rings (SSSR count). The van der Waals surface area contributed by atoms with E-state index in [1.54, 1.807) is 0 Å². The lowest BCUT2D eigenvalue weighted by atomic mass is 9.77. The van der Waals surface area contributed by atoms with E-state index >= 15 is 0 Å². The smallest absolute Gasteiger partial charge is 0.0435 e. The van der Waals surface area contributed by atoms with Crippen molar-refractivity contribution in [3.8, 4) is 0 Å². The highest BCUT2D eigenvalue weighted by Gasteiger charge is 2.29. The molecule has 0 unspecified atom stereocenters. The first kappa shape index (κ1) is 11.0. The van der Waals surface area contributed by atoms with Crippen LogP contribution in [0.25, 0.3) is 0 Å². The van der Waals surface area contributed by atoms with Crippen molar-refractivity contribution in [3.05, 3.63) is 34.3 Å². The minimum absolute atomic E-state index is 0.104. The molecular formula is C13H18ClN. The van der Waals surface area contributed by atoms with Crippen LogP contribution in [0, 0.1) is 6.92 Å². The second kappa shape index (κ2) is 4.15. The molecule has 1 nitrogen and oxygen atoms in total. The molecule has 0 atom stereocenters. The number of hydrogen-bond donors (Lipinski definition) is 1. The molecule has 15 heavy (non-hydrogen) atoms. The molecule has 0 spiro atoms. The zero-order valence-corrected chi connectivity index (χ0v) is 9.98. The first-order valence-electron chi connectivity index (χ1n) is 5.67. The number of halogens is 1. The lowest BCUT2D eigenvalue weighted by molar-refractivity contribution is 0.302. The minimum Gasteiger partial charge on any atom is -0.321 e. The Morgan fingerprint density at radius 3 is 2.47 bits per heavy atom. The van der Waals surface area contributed by atoms with Crippen LogP contribution in [0.4, 0.5) is 0 Å². The van der Waals surface area contributed by atoms with E-state index in [1.165, 1.54) is 24.8 Å². The van der Waals surface area contributed by atoms with Gasteiger partial charge in [0.15, 0.2) is 0 Å². The van der Waals surface area contributed by atoms with Crippen molar-refractivity contribution >= 4 is 11.6 Å². The van der Waals surface area contributed by atoms with Gasteiger partial charge in [-0.15, -0.1) is 0 Å². The monoisotopic (exact) mass is 223 g/mol. The van der Waals surface area contributed by atoms with Crippen molar-refractivity contribution in [3.63, 3.8) is 0 Å². The van der Waals surface area contributed by atoms with E-state index in [2.05, 4.69) is 12.1 Å². The lowest BCUT2D eigenvalue weighted by Gasteiger charge is -2.34. The van der Waals surface area contributed by atoms with Crippen molar-refractivity contribution in [1.82, 2.24) is 0 Å². The predicted molar refractivity (Wildman–Crippen MR) is 65.1 cm³/mol. The van der Waals surface area contributed by atoms with Crippen molar-refractivity contribution < 1.29 is 0 Å². The SMILES string of the molecule is Cc1cc(C2(N)CCCCC2)ccc1Cl. The molecule has 2 heteroatoms. The average Bonchev–Trinajstić information content (AvgIpc) is 2.23. The fourth-order valence-electron chi connectivity index (χ4n) is 2.43. The Balaban J connectivity index is 2.31. The van der Waals surface area contributed by atoms with E-state index in [9.17, 15) is 0 Å². The van der Waals surface area contributed by atoms with Gasteiger partial charge in [0.25, 0.3) is 0 Å². The number of aryl methyl sites for hydroxylation is 1. The highest BCUT2D eigenvalue weighted by molar-refractivity contribution is 6.31. The van der Waals surface area contributed by atoms with Crippen molar-refractivity contribution in [2.75, 3.05) is 0 Å². The first-order valence-corrected chi connectivity index (χ1v) is 6.05. The van der Waals surface area contributed by atoms with Crippen LogP contribution in [0.1, 0.15) is 43.2 Å². The van der Waals surface area contributed by atoms with Gasteiger partial charge in [-0.2, -0.15) is 0 Å². The van der Waals surface area contributed by atoms with E-state index in [4.69, 9.17) is 17.3 Å². The summed E-state index contributed by atoms with van der Waals surface area (Å²) in [4.78, 5) is 0. The summed E-state index contributed by atoms with van der Waals surface area (Å²) in [7, 11) is 0. The van der Waals surface area contributed by atoms with Crippen LogP contribution in [0.15, 0.2) is 18.2 Å². The Hall–Kier alpha value is -0.530. The average molecular weight is 224 g/mol. The molecular weight excluding hydrogens is 206 g/mol. The van der Waals surface area contributed by atoms with Gasteiger partial charge in [-0.25, -0.2) is 0 Å². The van der Waals surface area contributed by atoms with E-state index in [1.807, 2.05) is 13.0 Å². The third-order valence-corrected chi connectivity index (χ3v) is 3.90. The minimum atomic E-state index is -0.104. The molecule has 1 aliphatic rings. The molecule has 0 aromatic heterocycles. The first-order chi connectivity index (χ1) is 7.12. The third-order valence-electron chi connectivity index (χ3n) is 3.48. The van der Waals surface area contributed by atoms with Crippen LogP contribution in [0.2, 0.25) is 5.02 Å². The fourth-order valence-corrected chi connectivity index (χ4v) is 2.54. The summed E-state index contributed by atoms with van der Waals surface area (Å²) in [6, 6.07) is 6.20. The van der Waals surface area contributed by atoms with Crippen LogP contribution in [0.3, 0.4) is 0 Å². The van der Waals surface area contributed by atoms with E-state index < -0.39 is 0 Å².